The Morgan fingerprint density at radius 3 is 2.50 bits per heavy atom. The number of aliphatic carboxylic acids is 1. The van der Waals surface area contributed by atoms with E-state index >= 15 is 0 Å². The molecule has 4 N–H and O–H groups in total. The fraction of sp³-hybridized carbons (Fsp3) is 0.348. The highest BCUT2D eigenvalue weighted by molar-refractivity contribution is 6.06. The largest absolute Gasteiger partial charge is 0.504 e. The molecule has 0 aliphatic heterocycles. The number of Topliss-reactive ketones (excluding diaryl/α,β-unsaturated/α-hetero) is 1. The maximum Gasteiger partial charge on any atom is 0.325 e. The van der Waals surface area contributed by atoms with Crippen LogP contribution in [-0.2, 0) is 20.7 Å². The van der Waals surface area contributed by atoms with Crippen molar-refractivity contribution >= 4 is 23.4 Å². The summed E-state index contributed by atoms with van der Waals surface area (Å²) in [6.07, 6.45) is 0.862. The lowest BCUT2D eigenvalue weighted by atomic mass is 9.99. The lowest BCUT2D eigenvalue weighted by Crippen LogP contribution is -2.39. The Kier molecular flexibility index (Phi) is 9.49. The van der Waals surface area contributed by atoms with Gasteiger partial charge in [0.2, 0.25) is 0 Å². The molecule has 0 radical (unpaired) electrons. The third kappa shape index (κ3) is 7.28. The predicted octanol–water partition coefficient (Wildman–Crippen LogP) is 2.23. The molecule has 9 heteroatoms. The van der Waals surface area contributed by atoms with Crippen LogP contribution in [0.1, 0.15) is 28.8 Å². The van der Waals surface area contributed by atoms with Crippen LogP contribution in [0.3, 0.4) is 0 Å². The fourth-order valence-electron chi connectivity index (χ4n) is 3.17. The molecule has 1 atom stereocenters. The molecule has 0 aliphatic rings. The number of carboxylic acids is 1. The summed E-state index contributed by atoms with van der Waals surface area (Å²) in [5, 5.41) is 25.0. The Morgan fingerprint density at radius 2 is 1.84 bits per heavy atom. The molecule has 0 saturated heterocycles. The Morgan fingerprint density at radius 1 is 1.09 bits per heavy atom. The number of benzene rings is 2. The summed E-state index contributed by atoms with van der Waals surface area (Å²) in [6.45, 7) is 0.279. The summed E-state index contributed by atoms with van der Waals surface area (Å²) in [4.78, 5) is 35.8. The number of phenolic OH excluding ortho intramolecular Hbond substituents is 1. The second-order valence-electron chi connectivity index (χ2n) is 7.05. The normalized spacial score (nSPS) is 11.4. The number of rotatable bonds is 13. The molecule has 172 valence electrons. The Balaban J connectivity index is 2.02. The Labute approximate surface area is 186 Å². The number of carbonyl (C=O) groups is 3. The number of para-hydroxylation sites is 1. The van der Waals surface area contributed by atoms with Gasteiger partial charge in [0.05, 0.1) is 26.7 Å². The van der Waals surface area contributed by atoms with Crippen molar-refractivity contribution in [2.75, 3.05) is 32.6 Å². The molecule has 32 heavy (non-hydrogen) atoms. The first kappa shape index (κ1) is 24.7. The highest BCUT2D eigenvalue weighted by atomic mass is 16.5. The van der Waals surface area contributed by atoms with Gasteiger partial charge in [-0.2, -0.15) is 0 Å². The van der Waals surface area contributed by atoms with Crippen molar-refractivity contribution < 1.29 is 34.1 Å². The van der Waals surface area contributed by atoms with E-state index in [1.54, 1.807) is 36.4 Å². The molecule has 0 bridgehead atoms. The average Bonchev–Trinajstić information content (AvgIpc) is 2.79. The maximum absolute atomic E-state index is 13.1. The van der Waals surface area contributed by atoms with Crippen LogP contribution in [0.15, 0.2) is 42.5 Å². The third-order valence-electron chi connectivity index (χ3n) is 4.81. The molecule has 2 aromatic rings. The van der Waals surface area contributed by atoms with Crippen LogP contribution in [0, 0.1) is 0 Å². The molecule has 0 saturated carbocycles. The molecule has 2 rings (SSSR count). The van der Waals surface area contributed by atoms with E-state index < -0.39 is 18.0 Å². The van der Waals surface area contributed by atoms with Crippen LogP contribution in [0.5, 0.6) is 11.5 Å². The molecule has 2 aromatic carbocycles. The number of aromatic hydroxyl groups is 1. The fourth-order valence-corrected chi connectivity index (χ4v) is 3.17. The van der Waals surface area contributed by atoms with Gasteiger partial charge in [-0.1, -0.05) is 18.2 Å². The van der Waals surface area contributed by atoms with E-state index in [1.165, 1.54) is 14.2 Å². The summed E-state index contributed by atoms with van der Waals surface area (Å²) in [7, 11) is 2.74. The van der Waals surface area contributed by atoms with Crippen LogP contribution in [0.2, 0.25) is 0 Å². The zero-order valence-corrected chi connectivity index (χ0v) is 18.1. The lowest BCUT2D eigenvalue weighted by molar-refractivity contribution is -0.139. The van der Waals surface area contributed by atoms with Gasteiger partial charge in [0, 0.05) is 11.3 Å². The van der Waals surface area contributed by atoms with Crippen LogP contribution in [0.4, 0.5) is 5.69 Å². The number of anilines is 1. The van der Waals surface area contributed by atoms with Gasteiger partial charge in [0.1, 0.15) is 6.54 Å². The monoisotopic (exact) mass is 444 g/mol. The highest BCUT2D eigenvalue weighted by Crippen LogP contribution is 2.26. The number of aryl methyl sites for hydroxylation is 1. The Bertz CT molecular complexity index is 946. The van der Waals surface area contributed by atoms with E-state index in [2.05, 4.69) is 15.4 Å². The van der Waals surface area contributed by atoms with Gasteiger partial charge < -0.3 is 30.3 Å². The molecule has 0 amide bonds. The van der Waals surface area contributed by atoms with Gasteiger partial charge in [0.15, 0.2) is 17.3 Å². The van der Waals surface area contributed by atoms with Crippen molar-refractivity contribution in [2.24, 2.45) is 0 Å². The second kappa shape index (κ2) is 12.3. The minimum Gasteiger partial charge on any atom is -0.504 e. The number of esters is 1. The number of methoxy groups -OCH3 is 2. The number of carbonyl (C=O) groups excluding carboxylic acids is 2. The van der Waals surface area contributed by atoms with Crippen molar-refractivity contribution in [3.63, 3.8) is 0 Å². The van der Waals surface area contributed by atoms with Gasteiger partial charge in [0.25, 0.3) is 0 Å². The van der Waals surface area contributed by atoms with Gasteiger partial charge in [-0.05, 0) is 49.2 Å². The zero-order valence-electron chi connectivity index (χ0n) is 18.1. The number of phenols is 1. The number of hydrogen-bond donors (Lipinski definition) is 4. The van der Waals surface area contributed by atoms with Crippen molar-refractivity contribution in [1.29, 1.82) is 0 Å². The summed E-state index contributed by atoms with van der Waals surface area (Å²) >= 11 is 0. The van der Waals surface area contributed by atoms with E-state index in [-0.39, 0.29) is 30.1 Å². The first-order chi connectivity index (χ1) is 15.3. The molecular weight excluding hydrogens is 416 g/mol. The highest BCUT2D eigenvalue weighted by Gasteiger charge is 2.24. The molecule has 0 aliphatic carbocycles. The number of carboxylic acid groups (broad SMARTS) is 1. The maximum atomic E-state index is 13.1. The first-order valence-corrected chi connectivity index (χ1v) is 10.1. The van der Waals surface area contributed by atoms with E-state index in [0.29, 0.717) is 30.8 Å². The molecule has 0 unspecified atom stereocenters. The summed E-state index contributed by atoms with van der Waals surface area (Å²) < 4.78 is 9.62. The number of hydrogen-bond acceptors (Lipinski definition) is 8. The molecule has 0 aromatic heterocycles. The van der Waals surface area contributed by atoms with E-state index in [4.69, 9.17) is 4.74 Å². The summed E-state index contributed by atoms with van der Waals surface area (Å²) in [6, 6.07) is 10.8. The van der Waals surface area contributed by atoms with Crippen molar-refractivity contribution in [2.45, 2.75) is 25.3 Å². The number of nitrogens with one attached hydrogen (secondary N) is 2. The van der Waals surface area contributed by atoms with Crippen molar-refractivity contribution in [3.8, 4) is 11.5 Å². The van der Waals surface area contributed by atoms with E-state index in [9.17, 15) is 24.6 Å². The molecule has 9 nitrogen and oxygen atoms in total. The van der Waals surface area contributed by atoms with Crippen LogP contribution < -0.4 is 15.4 Å². The minimum absolute atomic E-state index is 0.0490. The second-order valence-corrected chi connectivity index (χ2v) is 7.05. The topological polar surface area (TPSA) is 134 Å². The van der Waals surface area contributed by atoms with Crippen molar-refractivity contribution in [1.82, 2.24) is 5.32 Å². The van der Waals surface area contributed by atoms with Gasteiger partial charge in [-0.25, -0.2) is 0 Å². The van der Waals surface area contributed by atoms with E-state index in [1.807, 2.05) is 6.07 Å². The van der Waals surface area contributed by atoms with Gasteiger partial charge in [-0.3, -0.25) is 14.4 Å². The minimum atomic E-state index is -1.10. The number of ether oxygens (including phenoxy) is 2. The Hall–Kier alpha value is -3.59. The molecule has 0 heterocycles. The van der Waals surface area contributed by atoms with Gasteiger partial charge >= 0.3 is 11.9 Å². The molecular formula is C23H28N2O7. The van der Waals surface area contributed by atoms with Crippen molar-refractivity contribution in [3.05, 3.63) is 53.6 Å². The summed E-state index contributed by atoms with van der Waals surface area (Å²) in [5.74, 6) is -1.54. The predicted molar refractivity (Wildman–Crippen MR) is 118 cm³/mol. The van der Waals surface area contributed by atoms with E-state index in [0.717, 1.165) is 5.56 Å². The van der Waals surface area contributed by atoms with Crippen LogP contribution >= 0.6 is 0 Å². The molecule has 0 fully saturated rings. The van der Waals surface area contributed by atoms with Crippen LogP contribution in [-0.4, -0.2) is 61.3 Å². The SMILES string of the molecule is COC(=O)CNc1ccccc1C(=O)[C@H](CC(=O)O)NCCCc1ccc(OC)c(O)c1. The summed E-state index contributed by atoms with van der Waals surface area (Å²) in [5.41, 5.74) is 1.60. The number of ketones is 1. The zero-order chi connectivity index (χ0) is 23.5. The quantitative estimate of drug-likeness (QED) is 0.208. The van der Waals surface area contributed by atoms with Gasteiger partial charge in [-0.15, -0.1) is 0 Å². The smallest absolute Gasteiger partial charge is 0.325 e. The lowest BCUT2D eigenvalue weighted by Gasteiger charge is -2.18. The van der Waals surface area contributed by atoms with Crippen LogP contribution in [0.25, 0.3) is 0 Å². The average molecular weight is 444 g/mol. The first-order valence-electron chi connectivity index (χ1n) is 10.1. The molecule has 0 spiro atoms. The standard InChI is InChI=1S/C23H28N2O7/c1-31-20-10-9-15(12-19(20)26)6-5-11-24-18(13-21(27)28)23(30)16-7-3-4-8-17(16)25-14-22(29)32-2/h3-4,7-10,12,18,24-26H,5-6,11,13-14H2,1-2H3,(H,27,28)/t18-/m0/s1. The third-order valence-corrected chi connectivity index (χ3v) is 4.81.